The summed E-state index contributed by atoms with van der Waals surface area (Å²) >= 11 is 3.43. The van der Waals surface area contributed by atoms with E-state index in [0.29, 0.717) is 6.54 Å². The van der Waals surface area contributed by atoms with Crippen LogP contribution in [0.15, 0.2) is 16.1 Å². The first-order valence-electron chi connectivity index (χ1n) is 5.76. The molecule has 0 N–H and O–H groups in total. The Hall–Kier alpha value is -0.840. The topological polar surface area (TPSA) is 41.9 Å². The summed E-state index contributed by atoms with van der Waals surface area (Å²) in [5.74, 6) is 0. The first-order chi connectivity index (χ1) is 7.87. The van der Waals surface area contributed by atoms with E-state index in [1.54, 1.807) is 4.90 Å². The summed E-state index contributed by atoms with van der Waals surface area (Å²) in [5, 5.41) is 0. The van der Waals surface area contributed by atoms with Crippen molar-refractivity contribution in [2.75, 3.05) is 19.6 Å². The molecule has 2 heterocycles. The molecule has 0 spiro atoms. The van der Waals surface area contributed by atoms with Gasteiger partial charge in [0.2, 0.25) is 0 Å². The van der Waals surface area contributed by atoms with Crippen molar-refractivity contribution < 1.29 is 9.53 Å². The largest absolute Gasteiger partial charge is 0.444 e. The second-order valence-corrected chi connectivity index (χ2v) is 6.09. The van der Waals surface area contributed by atoms with Crippen molar-refractivity contribution in [3.63, 3.8) is 0 Å². The number of hydrogen-bond acceptors (Lipinski definition) is 3. The molecule has 0 aromatic carbocycles. The maximum atomic E-state index is 11.9. The summed E-state index contributed by atoms with van der Waals surface area (Å²) in [6, 6.07) is 0. The van der Waals surface area contributed by atoms with Gasteiger partial charge in [-0.1, -0.05) is 0 Å². The minimum absolute atomic E-state index is 0.240. The van der Waals surface area contributed by atoms with Crippen molar-refractivity contribution in [1.82, 2.24) is 4.90 Å². The van der Waals surface area contributed by atoms with Gasteiger partial charge in [0, 0.05) is 12.1 Å². The molecule has 2 rings (SSSR count). The van der Waals surface area contributed by atoms with Gasteiger partial charge >= 0.3 is 6.09 Å². The number of aliphatic imine (C=N–C) groups is 1. The van der Waals surface area contributed by atoms with E-state index < -0.39 is 5.60 Å². The van der Waals surface area contributed by atoms with Crippen molar-refractivity contribution in [3.8, 4) is 0 Å². The number of nitrogens with zero attached hydrogens (tertiary/aromatic N) is 2. The van der Waals surface area contributed by atoms with E-state index in [9.17, 15) is 4.79 Å². The predicted octanol–water partition coefficient (Wildman–Crippen LogP) is 2.73. The van der Waals surface area contributed by atoms with Gasteiger partial charge < -0.3 is 9.64 Å². The highest BCUT2D eigenvalue weighted by atomic mass is 79.9. The number of amides is 1. The van der Waals surface area contributed by atoms with Crippen LogP contribution in [0.3, 0.4) is 0 Å². The van der Waals surface area contributed by atoms with Crippen LogP contribution in [-0.4, -0.2) is 40.8 Å². The van der Waals surface area contributed by atoms with E-state index in [1.807, 2.05) is 20.8 Å². The molecule has 0 atom stereocenters. The van der Waals surface area contributed by atoms with Crippen LogP contribution in [-0.2, 0) is 4.74 Å². The molecule has 4 nitrogen and oxygen atoms in total. The van der Waals surface area contributed by atoms with Crippen LogP contribution in [0.5, 0.6) is 0 Å². The zero-order valence-electron chi connectivity index (χ0n) is 10.4. The number of rotatable bonds is 0. The summed E-state index contributed by atoms with van der Waals surface area (Å²) in [7, 11) is 0. The molecule has 0 aliphatic carbocycles. The molecule has 1 amide bonds. The summed E-state index contributed by atoms with van der Waals surface area (Å²) < 4.78 is 6.26. The number of carbonyl (C=O) groups is 1. The van der Waals surface area contributed by atoms with Crippen LogP contribution in [0.2, 0.25) is 0 Å². The molecule has 0 bridgehead atoms. The Morgan fingerprint density at radius 3 is 2.82 bits per heavy atom. The summed E-state index contributed by atoms with van der Waals surface area (Å²) in [6.07, 6.45) is 0.656. The first kappa shape index (κ1) is 12.6. The Labute approximate surface area is 110 Å². The highest BCUT2D eigenvalue weighted by Gasteiger charge is 2.29. The molecule has 94 valence electrons. The third-order valence-electron chi connectivity index (χ3n) is 2.77. The fourth-order valence-electron chi connectivity index (χ4n) is 1.93. The van der Waals surface area contributed by atoms with Gasteiger partial charge in [0.1, 0.15) is 10.2 Å². The molecule has 5 heteroatoms. The smallest absolute Gasteiger partial charge is 0.410 e. The molecule has 2 aliphatic rings. The maximum absolute atomic E-state index is 11.9. The normalized spacial score (nSPS) is 20.2. The van der Waals surface area contributed by atoms with E-state index in [0.717, 1.165) is 29.7 Å². The quantitative estimate of drug-likeness (QED) is 0.690. The van der Waals surface area contributed by atoms with E-state index in [1.165, 1.54) is 5.57 Å². The number of hydrogen-bond donors (Lipinski definition) is 0. The fourth-order valence-corrected chi connectivity index (χ4v) is 2.46. The SMILES string of the molecule is CC(C)(C)OC(=O)N1CCC2=C(C1)C(Br)=NC2. The van der Waals surface area contributed by atoms with Gasteiger partial charge in [-0.05, 0) is 48.7 Å². The van der Waals surface area contributed by atoms with Crippen molar-refractivity contribution in [1.29, 1.82) is 0 Å². The Morgan fingerprint density at radius 1 is 1.47 bits per heavy atom. The maximum Gasteiger partial charge on any atom is 0.410 e. The van der Waals surface area contributed by atoms with Crippen LogP contribution >= 0.6 is 15.9 Å². The fraction of sp³-hybridized carbons (Fsp3) is 0.667. The second kappa shape index (κ2) is 4.44. The number of carbonyl (C=O) groups excluding carboxylic acids is 1. The van der Waals surface area contributed by atoms with Crippen LogP contribution in [0.25, 0.3) is 0 Å². The third kappa shape index (κ3) is 2.89. The van der Waals surface area contributed by atoms with Crippen molar-refractivity contribution in [3.05, 3.63) is 11.1 Å². The predicted molar refractivity (Wildman–Crippen MR) is 70.7 cm³/mol. The lowest BCUT2D eigenvalue weighted by atomic mass is 10.0. The van der Waals surface area contributed by atoms with Crippen molar-refractivity contribution in [2.24, 2.45) is 4.99 Å². The monoisotopic (exact) mass is 300 g/mol. The summed E-state index contributed by atoms with van der Waals surface area (Å²) in [4.78, 5) is 18.0. The molecular formula is C12H17BrN2O2. The van der Waals surface area contributed by atoms with Gasteiger partial charge in [-0.25, -0.2) is 4.79 Å². The lowest BCUT2D eigenvalue weighted by Crippen LogP contribution is -2.41. The van der Waals surface area contributed by atoms with Gasteiger partial charge in [-0.3, -0.25) is 4.99 Å². The highest BCUT2D eigenvalue weighted by molar-refractivity contribution is 9.18. The third-order valence-corrected chi connectivity index (χ3v) is 3.50. The minimum Gasteiger partial charge on any atom is -0.444 e. The average Bonchev–Trinajstić information content (AvgIpc) is 2.57. The molecule has 0 saturated heterocycles. The van der Waals surface area contributed by atoms with Crippen LogP contribution < -0.4 is 0 Å². The second-order valence-electron chi connectivity index (χ2n) is 5.34. The van der Waals surface area contributed by atoms with Gasteiger partial charge in [0.15, 0.2) is 0 Å². The van der Waals surface area contributed by atoms with E-state index >= 15 is 0 Å². The highest BCUT2D eigenvalue weighted by Crippen LogP contribution is 2.27. The average molecular weight is 301 g/mol. The van der Waals surface area contributed by atoms with Gasteiger partial charge in [0.05, 0.1) is 13.1 Å². The standard InChI is InChI=1S/C12H17BrN2O2/c1-12(2,3)17-11(16)15-5-4-8-6-14-10(13)9(8)7-15/h4-7H2,1-3H3. The zero-order chi connectivity index (χ0) is 12.6. The van der Waals surface area contributed by atoms with E-state index in [2.05, 4.69) is 20.9 Å². The Morgan fingerprint density at radius 2 is 2.18 bits per heavy atom. The van der Waals surface area contributed by atoms with E-state index in [-0.39, 0.29) is 6.09 Å². The Bertz CT molecular complexity index is 407. The first-order valence-corrected chi connectivity index (χ1v) is 6.55. The number of halogens is 1. The molecule has 0 radical (unpaired) electrons. The molecular weight excluding hydrogens is 284 g/mol. The van der Waals surface area contributed by atoms with Crippen molar-refractivity contribution in [2.45, 2.75) is 32.8 Å². The van der Waals surface area contributed by atoms with Crippen molar-refractivity contribution >= 4 is 26.6 Å². The Balaban J connectivity index is 2.02. The zero-order valence-corrected chi connectivity index (χ0v) is 12.0. The molecule has 0 saturated carbocycles. The van der Waals surface area contributed by atoms with Gasteiger partial charge in [-0.2, -0.15) is 0 Å². The molecule has 0 aromatic heterocycles. The van der Waals surface area contributed by atoms with Crippen LogP contribution in [0.4, 0.5) is 4.79 Å². The Kier molecular flexibility index (Phi) is 3.30. The minimum atomic E-state index is -0.438. The molecule has 17 heavy (non-hydrogen) atoms. The molecule has 0 fully saturated rings. The van der Waals surface area contributed by atoms with Gasteiger partial charge in [0.25, 0.3) is 0 Å². The van der Waals surface area contributed by atoms with E-state index in [4.69, 9.17) is 4.74 Å². The molecule has 0 unspecified atom stereocenters. The molecule has 0 aromatic rings. The molecule has 2 aliphatic heterocycles. The van der Waals surface area contributed by atoms with Crippen LogP contribution in [0, 0.1) is 0 Å². The van der Waals surface area contributed by atoms with Crippen LogP contribution in [0.1, 0.15) is 27.2 Å². The van der Waals surface area contributed by atoms with Gasteiger partial charge in [-0.15, -0.1) is 0 Å². The summed E-state index contributed by atoms with van der Waals surface area (Å²) in [5.41, 5.74) is 2.06. The lowest BCUT2D eigenvalue weighted by molar-refractivity contribution is 0.0263. The number of ether oxygens (including phenoxy) is 1. The summed E-state index contributed by atoms with van der Waals surface area (Å²) in [6.45, 7) is 7.75. The lowest BCUT2D eigenvalue weighted by Gasteiger charge is -2.30.